The molecule has 2 rings (SSSR count). The SMILES string of the molecule is C[C@@H](C(N)=O)C(=O)NC1CCc2nc(N)ccc21. The predicted molar refractivity (Wildman–Crippen MR) is 66.2 cm³/mol. The van der Waals surface area contributed by atoms with E-state index in [1.54, 1.807) is 6.07 Å². The molecule has 1 heterocycles. The molecule has 6 heteroatoms. The molecule has 1 aromatic heterocycles. The van der Waals surface area contributed by atoms with E-state index in [0.717, 1.165) is 24.1 Å². The zero-order valence-electron chi connectivity index (χ0n) is 10.1. The second-order valence-corrected chi connectivity index (χ2v) is 4.50. The van der Waals surface area contributed by atoms with Gasteiger partial charge in [-0.05, 0) is 31.4 Å². The largest absolute Gasteiger partial charge is 0.384 e. The molecule has 0 radical (unpaired) electrons. The Morgan fingerprint density at radius 2 is 2.22 bits per heavy atom. The van der Waals surface area contributed by atoms with Crippen molar-refractivity contribution in [3.8, 4) is 0 Å². The number of aryl methyl sites for hydroxylation is 1. The molecule has 0 saturated heterocycles. The van der Waals surface area contributed by atoms with Crippen molar-refractivity contribution in [3.63, 3.8) is 0 Å². The first kappa shape index (κ1) is 12.3. The summed E-state index contributed by atoms with van der Waals surface area (Å²) in [5.41, 5.74) is 12.6. The van der Waals surface area contributed by atoms with Crippen molar-refractivity contribution in [3.05, 3.63) is 23.4 Å². The number of pyridine rings is 1. The quantitative estimate of drug-likeness (QED) is 0.648. The summed E-state index contributed by atoms with van der Waals surface area (Å²) in [6.45, 7) is 1.49. The minimum absolute atomic E-state index is 0.109. The Bertz CT molecular complexity index is 501. The average molecular weight is 248 g/mol. The summed E-state index contributed by atoms with van der Waals surface area (Å²) in [6, 6.07) is 3.47. The number of nitrogens with two attached hydrogens (primary N) is 2. The van der Waals surface area contributed by atoms with Crippen LogP contribution in [0.1, 0.15) is 30.6 Å². The van der Waals surface area contributed by atoms with Crippen LogP contribution in [-0.4, -0.2) is 16.8 Å². The van der Waals surface area contributed by atoms with Gasteiger partial charge in [0.1, 0.15) is 11.7 Å². The van der Waals surface area contributed by atoms with Crippen molar-refractivity contribution >= 4 is 17.6 Å². The van der Waals surface area contributed by atoms with Crippen molar-refractivity contribution in [1.29, 1.82) is 0 Å². The van der Waals surface area contributed by atoms with E-state index < -0.39 is 11.8 Å². The van der Waals surface area contributed by atoms with E-state index in [4.69, 9.17) is 11.5 Å². The van der Waals surface area contributed by atoms with Crippen LogP contribution in [-0.2, 0) is 16.0 Å². The van der Waals surface area contributed by atoms with Gasteiger partial charge in [0.2, 0.25) is 11.8 Å². The maximum absolute atomic E-state index is 11.8. The van der Waals surface area contributed by atoms with E-state index >= 15 is 0 Å². The summed E-state index contributed by atoms with van der Waals surface area (Å²) in [5, 5.41) is 2.82. The third kappa shape index (κ3) is 2.27. The molecule has 1 aliphatic carbocycles. The number of fused-ring (bicyclic) bond motifs is 1. The molecule has 2 atom stereocenters. The molecular formula is C12H16N4O2. The number of rotatable bonds is 3. The lowest BCUT2D eigenvalue weighted by atomic mass is 10.1. The second kappa shape index (κ2) is 4.64. The second-order valence-electron chi connectivity index (χ2n) is 4.50. The molecule has 1 aromatic rings. The third-order valence-electron chi connectivity index (χ3n) is 3.21. The van der Waals surface area contributed by atoms with Crippen molar-refractivity contribution in [2.75, 3.05) is 5.73 Å². The van der Waals surface area contributed by atoms with Crippen LogP contribution >= 0.6 is 0 Å². The van der Waals surface area contributed by atoms with Gasteiger partial charge in [0.15, 0.2) is 0 Å². The minimum atomic E-state index is -0.823. The van der Waals surface area contributed by atoms with Gasteiger partial charge in [0.25, 0.3) is 0 Å². The molecule has 1 unspecified atom stereocenters. The summed E-state index contributed by atoms with van der Waals surface area (Å²) >= 11 is 0. The van der Waals surface area contributed by atoms with E-state index in [9.17, 15) is 9.59 Å². The van der Waals surface area contributed by atoms with Gasteiger partial charge in [-0.2, -0.15) is 0 Å². The summed E-state index contributed by atoms with van der Waals surface area (Å²) in [4.78, 5) is 26.9. The maximum Gasteiger partial charge on any atom is 0.232 e. The number of hydrogen-bond donors (Lipinski definition) is 3. The lowest BCUT2D eigenvalue weighted by Crippen LogP contribution is -2.38. The summed E-state index contributed by atoms with van der Waals surface area (Å²) < 4.78 is 0. The van der Waals surface area contributed by atoms with Crippen LogP contribution in [0.3, 0.4) is 0 Å². The molecule has 0 spiro atoms. The highest BCUT2D eigenvalue weighted by Crippen LogP contribution is 2.30. The minimum Gasteiger partial charge on any atom is -0.384 e. The van der Waals surface area contributed by atoms with Crippen LogP contribution in [0.5, 0.6) is 0 Å². The van der Waals surface area contributed by atoms with Gasteiger partial charge in [0, 0.05) is 5.69 Å². The number of nitrogens with one attached hydrogen (secondary N) is 1. The number of anilines is 1. The highest BCUT2D eigenvalue weighted by Gasteiger charge is 2.28. The predicted octanol–water partition coefficient (Wildman–Crippen LogP) is -0.111. The van der Waals surface area contributed by atoms with E-state index in [1.165, 1.54) is 6.92 Å². The lowest BCUT2D eigenvalue weighted by Gasteiger charge is -2.16. The molecule has 2 amide bonds. The Hall–Kier alpha value is -2.11. The van der Waals surface area contributed by atoms with Gasteiger partial charge in [-0.3, -0.25) is 9.59 Å². The van der Waals surface area contributed by atoms with E-state index in [1.807, 2.05) is 6.07 Å². The van der Waals surface area contributed by atoms with Gasteiger partial charge < -0.3 is 16.8 Å². The third-order valence-corrected chi connectivity index (χ3v) is 3.21. The van der Waals surface area contributed by atoms with Crippen LogP contribution in [0.15, 0.2) is 12.1 Å². The fourth-order valence-electron chi connectivity index (χ4n) is 2.06. The smallest absolute Gasteiger partial charge is 0.232 e. The molecule has 0 saturated carbocycles. The molecular weight excluding hydrogens is 232 g/mol. The Balaban J connectivity index is 2.10. The topological polar surface area (TPSA) is 111 Å². The molecule has 6 nitrogen and oxygen atoms in total. The van der Waals surface area contributed by atoms with Gasteiger partial charge in [-0.1, -0.05) is 6.07 Å². The zero-order chi connectivity index (χ0) is 13.3. The van der Waals surface area contributed by atoms with Gasteiger partial charge in [0.05, 0.1) is 6.04 Å². The Morgan fingerprint density at radius 3 is 2.89 bits per heavy atom. The van der Waals surface area contributed by atoms with Gasteiger partial charge >= 0.3 is 0 Å². The average Bonchev–Trinajstić information content (AvgIpc) is 2.70. The van der Waals surface area contributed by atoms with E-state index in [0.29, 0.717) is 5.82 Å². The van der Waals surface area contributed by atoms with Gasteiger partial charge in [-0.15, -0.1) is 0 Å². The molecule has 0 fully saturated rings. The summed E-state index contributed by atoms with van der Waals surface area (Å²) in [5.74, 6) is -1.32. The standard InChI is InChI=1S/C12H16N4O2/c1-6(11(14)17)12(18)16-9-4-3-8-7(9)2-5-10(13)15-8/h2,5-6,9H,3-4H2,1H3,(H2,13,15)(H2,14,17)(H,16,18)/t6-,9?/m0/s1. The number of aromatic nitrogens is 1. The highest BCUT2D eigenvalue weighted by molar-refractivity contribution is 5.99. The van der Waals surface area contributed by atoms with E-state index in [2.05, 4.69) is 10.3 Å². The number of hydrogen-bond acceptors (Lipinski definition) is 4. The van der Waals surface area contributed by atoms with Crippen LogP contribution in [0.25, 0.3) is 0 Å². The van der Waals surface area contributed by atoms with Crippen LogP contribution < -0.4 is 16.8 Å². The molecule has 0 aliphatic heterocycles. The molecule has 0 bridgehead atoms. The molecule has 1 aliphatic rings. The zero-order valence-corrected chi connectivity index (χ0v) is 10.1. The number of carbonyl (C=O) groups excluding carboxylic acids is 2. The van der Waals surface area contributed by atoms with E-state index in [-0.39, 0.29) is 11.9 Å². The molecule has 96 valence electrons. The maximum atomic E-state index is 11.8. The number of nitrogen functional groups attached to an aromatic ring is 1. The number of carbonyl (C=O) groups is 2. The first-order valence-electron chi connectivity index (χ1n) is 5.84. The van der Waals surface area contributed by atoms with Crippen LogP contribution in [0.4, 0.5) is 5.82 Å². The number of nitrogens with zero attached hydrogens (tertiary/aromatic N) is 1. The molecule has 5 N–H and O–H groups in total. The fourth-order valence-corrected chi connectivity index (χ4v) is 2.06. The normalized spacial score (nSPS) is 19.1. The number of primary amides is 1. The summed E-state index contributed by atoms with van der Waals surface area (Å²) in [6.07, 6.45) is 1.54. The van der Waals surface area contributed by atoms with Crippen molar-refractivity contribution in [2.45, 2.75) is 25.8 Å². The van der Waals surface area contributed by atoms with Crippen molar-refractivity contribution in [2.24, 2.45) is 11.7 Å². The highest BCUT2D eigenvalue weighted by atomic mass is 16.2. The first-order chi connectivity index (χ1) is 8.49. The number of amides is 2. The lowest BCUT2D eigenvalue weighted by molar-refractivity contribution is -0.133. The van der Waals surface area contributed by atoms with Crippen LogP contribution in [0, 0.1) is 5.92 Å². The Kier molecular flexibility index (Phi) is 3.18. The Morgan fingerprint density at radius 1 is 1.50 bits per heavy atom. The summed E-state index contributed by atoms with van der Waals surface area (Å²) in [7, 11) is 0. The van der Waals surface area contributed by atoms with Gasteiger partial charge in [-0.25, -0.2) is 4.98 Å². The van der Waals surface area contributed by atoms with Crippen LogP contribution in [0.2, 0.25) is 0 Å². The fraction of sp³-hybridized carbons (Fsp3) is 0.417. The molecule has 0 aromatic carbocycles. The first-order valence-corrected chi connectivity index (χ1v) is 5.84. The Labute approximate surface area is 105 Å². The molecule has 18 heavy (non-hydrogen) atoms. The monoisotopic (exact) mass is 248 g/mol. The van der Waals surface area contributed by atoms with Crippen molar-refractivity contribution < 1.29 is 9.59 Å². The van der Waals surface area contributed by atoms with Crippen molar-refractivity contribution in [1.82, 2.24) is 10.3 Å².